The van der Waals surface area contributed by atoms with E-state index in [1.54, 1.807) is 0 Å². The Kier molecular flexibility index (Phi) is 7.28. The zero-order chi connectivity index (χ0) is 21.8. The number of aliphatic hydroxyl groups excluding tert-OH is 2. The molecule has 4 rings (SSSR count). The topological polar surface area (TPSA) is 68.2 Å². The Bertz CT molecular complexity index is 841. The summed E-state index contributed by atoms with van der Waals surface area (Å²) < 4.78 is 17.4. The van der Waals surface area contributed by atoms with Crippen molar-refractivity contribution in [3.8, 4) is 5.75 Å². The Morgan fingerprint density at radius 3 is 2.55 bits per heavy atom. The highest BCUT2D eigenvalue weighted by Gasteiger charge is 2.29. The minimum absolute atomic E-state index is 0.0638. The van der Waals surface area contributed by atoms with E-state index in [1.807, 2.05) is 12.1 Å². The SMILES string of the molecule is CC(C)c1cc(Cc2ccc(OC3CCOC3)cc2)cc(C2CC(O)CC(CO)O2)c1. The molecule has 0 aliphatic carbocycles. The summed E-state index contributed by atoms with van der Waals surface area (Å²) in [5.74, 6) is 1.28. The molecule has 5 nitrogen and oxygen atoms in total. The van der Waals surface area contributed by atoms with Crippen LogP contribution in [0.25, 0.3) is 0 Å². The molecule has 0 radical (unpaired) electrons. The Hall–Kier alpha value is -1.92. The van der Waals surface area contributed by atoms with Crippen molar-refractivity contribution < 1.29 is 24.4 Å². The van der Waals surface area contributed by atoms with Crippen LogP contribution in [0.2, 0.25) is 0 Å². The third-order valence-corrected chi connectivity index (χ3v) is 6.18. The molecule has 0 amide bonds. The fourth-order valence-corrected chi connectivity index (χ4v) is 4.41. The number of rotatable bonds is 7. The van der Waals surface area contributed by atoms with Crippen molar-refractivity contribution in [3.05, 3.63) is 64.7 Å². The van der Waals surface area contributed by atoms with E-state index in [0.717, 1.165) is 30.8 Å². The van der Waals surface area contributed by atoms with Crippen molar-refractivity contribution in [1.82, 2.24) is 0 Å². The lowest BCUT2D eigenvalue weighted by Crippen LogP contribution is -2.33. The minimum Gasteiger partial charge on any atom is -0.488 e. The maximum Gasteiger partial charge on any atom is 0.124 e. The van der Waals surface area contributed by atoms with Gasteiger partial charge in [-0.2, -0.15) is 0 Å². The van der Waals surface area contributed by atoms with Gasteiger partial charge in [-0.1, -0.05) is 44.2 Å². The second-order valence-electron chi connectivity index (χ2n) is 9.14. The average molecular weight is 427 g/mol. The highest BCUT2D eigenvalue weighted by atomic mass is 16.5. The Balaban J connectivity index is 1.51. The Labute approximate surface area is 185 Å². The summed E-state index contributed by atoms with van der Waals surface area (Å²) in [5, 5.41) is 19.8. The van der Waals surface area contributed by atoms with Gasteiger partial charge in [-0.15, -0.1) is 0 Å². The van der Waals surface area contributed by atoms with Crippen molar-refractivity contribution >= 4 is 0 Å². The molecule has 0 spiro atoms. The third kappa shape index (κ3) is 5.86. The number of ether oxygens (including phenoxy) is 3. The van der Waals surface area contributed by atoms with E-state index < -0.39 is 6.10 Å². The van der Waals surface area contributed by atoms with Gasteiger partial charge >= 0.3 is 0 Å². The van der Waals surface area contributed by atoms with Crippen LogP contribution in [-0.2, 0) is 15.9 Å². The maximum absolute atomic E-state index is 10.2. The smallest absolute Gasteiger partial charge is 0.124 e. The summed E-state index contributed by atoms with van der Waals surface area (Å²) in [6, 6.07) is 14.9. The molecule has 2 aromatic carbocycles. The lowest BCUT2D eigenvalue weighted by Gasteiger charge is -2.33. The van der Waals surface area contributed by atoms with Gasteiger partial charge in [0.2, 0.25) is 0 Å². The lowest BCUT2D eigenvalue weighted by molar-refractivity contribution is -0.113. The molecule has 0 saturated carbocycles. The molecule has 168 valence electrons. The van der Waals surface area contributed by atoms with Crippen LogP contribution in [0.1, 0.15) is 67.4 Å². The van der Waals surface area contributed by atoms with E-state index in [4.69, 9.17) is 14.2 Å². The van der Waals surface area contributed by atoms with Crippen LogP contribution < -0.4 is 4.74 Å². The van der Waals surface area contributed by atoms with Crippen LogP contribution in [-0.4, -0.2) is 48.3 Å². The lowest BCUT2D eigenvalue weighted by atomic mass is 9.90. The van der Waals surface area contributed by atoms with Crippen LogP contribution in [0.3, 0.4) is 0 Å². The van der Waals surface area contributed by atoms with E-state index in [9.17, 15) is 10.2 Å². The second-order valence-corrected chi connectivity index (χ2v) is 9.14. The van der Waals surface area contributed by atoms with Crippen LogP contribution in [0.15, 0.2) is 42.5 Å². The summed E-state index contributed by atoms with van der Waals surface area (Å²) in [5.41, 5.74) is 4.79. The van der Waals surface area contributed by atoms with Gasteiger partial charge in [0.25, 0.3) is 0 Å². The fourth-order valence-electron chi connectivity index (χ4n) is 4.41. The monoisotopic (exact) mass is 426 g/mol. The van der Waals surface area contributed by atoms with Gasteiger partial charge in [0.15, 0.2) is 0 Å². The predicted molar refractivity (Wildman–Crippen MR) is 120 cm³/mol. The molecule has 2 aliphatic rings. The van der Waals surface area contributed by atoms with Gasteiger partial charge in [0.1, 0.15) is 11.9 Å². The molecule has 4 atom stereocenters. The maximum atomic E-state index is 10.2. The van der Waals surface area contributed by atoms with E-state index in [-0.39, 0.29) is 24.9 Å². The van der Waals surface area contributed by atoms with Gasteiger partial charge in [-0.25, -0.2) is 0 Å². The molecule has 5 heteroatoms. The molecule has 2 aliphatic heterocycles. The van der Waals surface area contributed by atoms with Gasteiger partial charge in [0.05, 0.1) is 38.1 Å². The standard InChI is InChI=1S/C26H34O5/c1-17(2)20-10-19(11-21(12-20)26-14-22(28)13-25(15-27)31-26)9-18-3-5-23(6-4-18)30-24-7-8-29-16-24/h3-6,10-12,17,22,24-28H,7-9,13-16H2,1-2H3. The quantitative estimate of drug-likeness (QED) is 0.696. The molecule has 31 heavy (non-hydrogen) atoms. The van der Waals surface area contributed by atoms with Crippen molar-refractivity contribution in [1.29, 1.82) is 0 Å². The molecular weight excluding hydrogens is 392 g/mol. The first-order valence-corrected chi connectivity index (χ1v) is 11.4. The number of benzene rings is 2. The molecule has 2 N–H and O–H groups in total. The molecule has 2 fully saturated rings. The number of hydrogen-bond acceptors (Lipinski definition) is 5. The van der Waals surface area contributed by atoms with Crippen LogP contribution in [0.5, 0.6) is 5.75 Å². The molecule has 2 aromatic rings. The van der Waals surface area contributed by atoms with Crippen molar-refractivity contribution in [2.75, 3.05) is 19.8 Å². The van der Waals surface area contributed by atoms with Gasteiger partial charge in [0, 0.05) is 19.3 Å². The third-order valence-electron chi connectivity index (χ3n) is 6.18. The summed E-state index contributed by atoms with van der Waals surface area (Å²) in [4.78, 5) is 0. The summed E-state index contributed by atoms with van der Waals surface area (Å²) in [6.45, 7) is 5.76. The van der Waals surface area contributed by atoms with Crippen molar-refractivity contribution in [2.24, 2.45) is 0 Å². The molecule has 2 saturated heterocycles. The first kappa shape index (κ1) is 22.3. The zero-order valence-corrected chi connectivity index (χ0v) is 18.5. The summed E-state index contributed by atoms with van der Waals surface area (Å²) in [7, 11) is 0. The van der Waals surface area contributed by atoms with Crippen LogP contribution in [0.4, 0.5) is 0 Å². The molecule has 2 heterocycles. The molecule has 0 aromatic heterocycles. The predicted octanol–water partition coefficient (Wildman–Crippen LogP) is 4.14. The summed E-state index contributed by atoms with van der Waals surface area (Å²) >= 11 is 0. The van der Waals surface area contributed by atoms with Gasteiger partial charge in [-0.05, 0) is 46.7 Å². The average Bonchev–Trinajstić information content (AvgIpc) is 3.27. The Morgan fingerprint density at radius 2 is 1.87 bits per heavy atom. The van der Waals surface area contributed by atoms with Crippen LogP contribution >= 0.6 is 0 Å². The molecular formula is C26H34O5. The van der Waals surface area contributed by atoms with Crippen LogP contribution in [0, 0.1) is 0 Å². The number of hydrogen-bond donors (Lipinski definition) is 2. The van der Waals surface area contributed by atoms with Crippen molar-refractivity contribution in [2.45, 2.75) is 69.9 Å². The van der Waals surface area contributed by atoms with Gasteiger partial charge < -0.3 is 24.4 Å². The fraction of sp³-hybridized carbons (Fsp3) is 0.538. The number of aliphatic hydroxyl groups is 2. The summed E-state index contributed by atoms with van der Waals surface area (Å²) in [6.07, 6.45) is 2.03. The second kappa shape index (κ2) is 10.1. The largest absolute Gasteiger partial charge is 0.488 e. The van der Waals surface area contributed by atoms with Gasteiger partial charge in [-0.3, -0.25) is 0 Å². The Morgan fingerprint density at radius 1 is 1.06 bits per heavy atom. The molecule has 0 bridgehead atoms. The molecule has 4 unspecified atom stereocenters. The first-order valence-electron chi connectivity index (χ1n) is 11.4. The zero-order valence-electron chi connectivity index (χ0n) is 18.5. The van der Waals surface area contributed by atoms with E-state index >= 15 is 0 Å². The highest BCUT2D eigenvalue weighted by Crippen LogP contribution is 2.34. The minimum atomic E-state index is -0.445. The van der Waals surface area contributed by atoms with E-state index in [2.05, 4.69) is 44.2 Å². The van der Waals surface area contributed by atoms with E-state index in [1.165, 1.54) is 16.7 Å². The van der Waals surface area contributed by atoms with Crippen molar-refractivity contribution in [3.63, 3.8) is 0 Å². The first-order chi connectivity index (χ1) is 15.0. The van der Waals surface area contributed by atoms with E-state index in [0.29, 0.717) is 25.4 Å². The normalized spacial score (nSPS) is 26.4. The highest BCUT2D eigenvalue weighted by molar-refractivity contribution is 5.38.